The SMILES string of the molecule is Clc1ccc(COc2ccc(CNCCc3c[nH]c4ccccc34)cc2)cc1. The molecule has 0 aliphatic carbocycles. The third-order valence-electron chi connectivity index (χ3n) is 4.82. The van der Waals surface area contributed by atoms with Crippen molar-refractivity contribution < 1.29 is 4.74 Å². The third-order valence-corrected chi connectivity index (χ3v) is 5.07. The number of nitrogens with one attached hydrogen (secondary N) is 2. The van der Waals surface area contributed by atoms with E-state index in [0.717, 1.165) is 35.8 Å². The van der Waals surface area contributed by atoms with Crippen molar-refractivity contribution in [1.82, 2.24) is 10.3 Å². The van der Waals surface area contributed by atoms with Crippen LogP contribution in [0.2, 0.25) is 5.02 Å². The second-order valence-corrected chi connectivity index (χ2v) is 7.28. The molecule has 0 atom stereocenters. The monoisotopic (exact) mass is 390 g/mol. The summed E-state index contributed by atoms with van der Waals surface area (Å²) in [6, 6.07) is 24.4. The van der Waals surface area contributed by atoms with Crippen molar-refractivity contribution >= 4 is 22.5 Å². The van der Waals surface area contributed by atoms with Gasteiger partial charge in [0.05, 0.1) is 0 Å². The molecule has 3 nitrogen and oxygen atoms in total. The van der Waals surface area contributed by atoms with Crippen molar-refractivity contribution in [2.24, 2.45) is 0 Å². The van der Waals surface area contributed by atoms with Crippen molar-refractivity contribution in [3.63, 3.8) is 0 Å². The molecule has 0 aliphatic heterocycles. The summed E-state index contributed by atoms with van der Waals surface area (Å²) in [6.07, 6.45) is 3.12. The van der Waals surface area contributed by atoms with E-state index in [1.165, 1.54) is 22.0 Å². The fourth-order valence-corrected chi connectivity index (χ4v) is 3.37. The fraction of sp³-hybridized carbons (Fsp3) is 0.167. The van der Waals surface area contributed by atoms with Gasteiger partial charge in [0.15, 0.2) is 0 Å². The fourth-order valence-electron chi connectivity index (χ4n) is 3.25. The minimum absolute atomic E-state index is 0.541. The van der Waals surface area contributed by atoms with E-state index in [9.17, 15) is 0 Å². The smallest absolute Gasteiger partial charge is 0.119 e. The molecule has 3 aromatic carbocycles. The van der Waals surface area contributed by atoms with Gasteiger partial charge in [-0.15, -0.1) is 0 Å². The van der Waals surface area contributed by atoms with Gasteiger partial charge in [0.2, 0.25) is 0 Å². The maximum Gasteiger partial charge on any atom is 0.119 e. The highest BCUT2D eigenvalue weighted by Gasteiger charge is 2.02. The first kappa shape index (κ1) is 18.6. The van der Waals surface area contributed by atoms with Crippen LogP contribution in [0.5, 0.6) is 5.75 Å². The number of benzene rings is 3. The lowest BCUT2D eigenvalue weighted by atomic mass is 10.1. The number of aromatic nitrogens is 1. The standard InChI is InChI=1S/C24H23ClN2O/c25-21-9-5-19(6-10-21)17-28-22-11-7-18(8-12-22)15-26-14-13-20-16-27-24-4-2-1-3-23(20)24/h1-12,16,26-27H,13-15,17H2. The van der Waals surface area contributed by atoms with Crippen LogP contribution in [0.25, 0.3) is 10.9 Å². The Labute approximate surface area is 170 Å². The summed E-state index contributed by atoms with van der Waals surface area (Å²) in [7, 11) is 0. The molecule has 0 spiro atoms. The van der Waals surface area contributed by atoms with Crippen LogP contribution in [-0.2, 0) is 19.6 Å². The van der Waals surface area contributed by atoms with E-state index < -0.39 is 0 Å². The van der Waals surface area contributed by atoms with Gasteiger partial charge in [0.25, 0.3) is 0 Å². The summed E-state index contributed by atoms with van der Waals surface area (Å²) in [4.78, 5) is 3.33. The van der Waals surface area contributed by atoms with E-state index in [2.05, 4.69) is 52.9 Å². The lowest BCUT2D eigenvalue weighted by molar-refractivity contribution is 0.306. The van der Waals surface area contributed by atoms with Crippen LogP contribution >= 0.6 is 11.6 Å². The van der Waals surface area contributed by atoms with Gasteiger partial charge in [-0.1, -0.05) is 54.1 Å². The molecule has 0 fully saturated rings. The lowest BCUT2D eigenvalue weighted by Crippen LogP contribution is -2.16. The molecule has 0 radical (unpaired) electrons. The maximum atomic E-state index is 5.90. The average molecular weight is 391 g/mol. The number of hydrogen-bond donors (Lipinski definition) is 2. The van der Waals surface area contributed by atoms with Crippen molar-refractivity contribution in [2.45, 2.75) is 19.6 Å². The zero-order valence-corrected chi connectivity index (χ0v) is 16.4. The summed E-state index contributed by atoms with van der Waals surface area (Å²) in [5.41, 5.74) is 4.91. The minimum atomic E-state index is 0.541. The van der Waals surface area contributed by atoms with E-state index in [1.54, 1.807) is 0 Å². The molecule has 0 amide bonds. The Bertz CT molecular complexity index is 1020. The molecular weight excluding hydrogens is 368 g/mol. The van der Waals surface area contributed by atoms with E-state index in [4.69, 9.17) is 16.3 Å². The van der Waals surface area contributed by atoms with Gasteiger partial charge in [-0.3, -0.25) is 0 Å². The second-order valence-electron chi connectivity index (χ2n) is 6.85. The van der Waals surface area contributed by atoms with Gasteiger partial charge in [0.1, 0.15) is 12.4 Å². The molecule has 0 saturated heterocycles. The zero-order valence-electron chi connectivity index (χ0n) is 15.6. The highest BCUT2D eigenvalue weighted by atomic mass is 35.5. The first-order chi connectivity index (χ1) is 13.8. The molecule has 0 aliphatic rings. The first-order valence-electron chi connectivity index (χ1n) is 9.50. The predicted octanol–water partition coefficient (Wildman–Crippen LogP) is 5.73. The molecule has 28 heavy (non-hydrogen) atoms. The van der Waals surface area contributed by atoms with E-state index in [-0.39, 0.29) is 0 Å². The van der Waals surface area contributed by atoms with Crippen LogP contribution in [0.15, 0.2) is 79.0 Å². The second kappa shape index (κ2) is 8.96. The summed E-state index contributed by atoms with van der Waals surface area (Å²) >= 11 is 5.90. The number of ether oxygens (including phenoxy) is 1. The van der Waals surface area contributed by atoms with Crippen molar-refractivity contribution in [3.8, 4) is 5.75 Å². The van der Waals surface area contributed by atoms with Crippen LogP contribution < -0.4 is 10.1 Å². The zero-order chi connectivity index (χ0) is 19.2. The normalized spacial score (nSPS) is 11.0. The molecule has 0 saturated carbocycles. The maximum absolute atomic E-state index is 5.90. The van der Waals surface area contributed by atoms with E-state index in [0.29, 0.717) is 6.61 Å². The van der Waals surface area contributed by atoms with Gasteiger partial charge in [-0.05, 0) is 60.0 Å². The summed E-state index contributed by atoms with van der Waals surface area (Å²) in [5, 5.41) is 5.57. The first-order valence-corrected chi connectivity index (χ1v) is 9.87. The van der Waals surface area contributed by atoms with Gasteiger partial charge in [0, 0.05) is 28.7 Å². The van der Waals surface area contributed by atoms with Crippen molar-refractivity contribution in [2.75, 3.05) is 6.54 Å². The van der Waals surface area contributed by atoms with Gasteiger partial charge < -0.3 is 15.0 Å². The molecule has 1 heterocycles. The molecule has 0 unspecified atom stereocenters. The number of rotatable bonds is 8. The molecule has 142 valence electrons. The largest absolute Gasteiger partial charge is 0.489 e. The Morgan fingerprint density at radius 2 is 1.61 bits per heavy atom. The Morgan fingerprint density at radius 1 is 0.857 bits per heavy atom. The highest BCUT2D eigenvalue weighted by molar-refractivity contribution is 6.30. The predicted molar refractivity (Wildman–Crippen MR) is 116 cm³/mol. The third kappa shape index (κ3) is 4.75. The molecule has 1 aromatic heterocycles. The highest BCUT2D eigenvalue weighted by Crippen LogP contribution is 2.18. The Morgan fingerprint density at radius 3 is 2.43 bits per heavy atom. The topological polar surface area (TPSA) is 37.0 Å². The molecule has 2 N–H and O–H groups in total. The van der Waals surface area contributed by atoms with E-state index >= 15 is 0 Å². The quantitative estimate of drug-likeness (QED) is 0.377. The number of halogens is 1. The molecule has 4 heteroatoms. The summed E-state index contributed by atoms with van der Waals surface area (Å²) < 4.78 is 5.84. The van der Waals surface area contributed by atoms with Crippen LogP contribution in [0.4, 0.5) is 0 Å². The number of hydrogen-bond acceptors (Lipinski definition) is 2. The number of fused-ring (bicyclic) bond motifs is 1. The molecule has 0 bridgehead atoms. The minimum Gasteiger partial charge on any atom is -0.489 e. The molecule has 4 aromatic rings. The molecule has 4 rings (SSSR count). The van der Waals surface area contributed by atoms with Crippen LogP contribution in [0.1, 0.15) is 16.7 Å². The Hall–Kier alpha value is -2.75. The summed E-state index contributed by atoms with van der Waals surface area (Å²) in [6.45, 7) is 2.33. The van der Waals surface area contributed by atoms with Gasteiger partial charge >= 0.3 is 0 Å². The number of para-hydroxylation sites is 1. The Balaban J connectivity index is 1.22. The summed E-state index contributed by atoms with van der Waals surface area (Å²) in [5.74, 6) is 0.873. The molecular formula is C24H23ClN2O. The Kier molecular flexibility index (Phi) is 5.95. The number of aromatic amines is 1. The van der Waals surface area contributed by atoms with Crippen molar-refractivity contribution in [1.29, 1.82) is 0 Å². The van der Waals surface area contributed by atoms with Crippen LogP contribution in [0.3, 0.4) is 0 Å². The van der Waals surface area contributed by atoms with Crippen LogP contribution in [-0.4, -0.2) is 11.5 Å². The number of H-pyrrole nitrogens is 1. The van der Waals surface area contributed by atoms with Gasteiger partial charge in [-0.2, -0.15) is 0 Å². The lowest BCUT2D eigenvalue weighted by Gasteiger charge is -2.08. The average Bonchev–Trinajstić information content (AvgIpc) is 3.15. The van der Waals surface area contributed by atoms with Crippen molar-refractivity contribution in [3.05, 3.63) is 101 Å². The van der Waals surface area contributed by atoms with Crippen LogP contribution in [0, 0.1) is 0 Å². The van der Waals surface area contributed by atoms with Gasteiger partial charge in [-0.25, -0.2) is 0 Å². The van der Waals surface area contributed by atoms with E-state index in [1.807, 2.05) is 36.4 Å².